The molecule has 0 unspecified atom stereocenters. The first-order valence-electron chi connectivity index (χ1n) is 10.6. The number of unbranched alkanes of at least 4 members (excludes halogenated alkanes) is 1. The summed E-state index contributed by atoms with van der Waals surface area (Å²) in [4.78, 5) is 29.3. The van der Waals surface area contributed by atoms with E-state index in [0.29, 0.717) is 34.3 Å². The van der Waals surface area contributed by atoms with Crippen LogP contribution in [0.4, 0.5) is 5.69 Å². The molecule has 0 aliphatic heterocycles. The molecule has 6 nitrogen and oxygen atoms in total. The first-order valence-corrected chi connectivity index (χ1v) is 11.4. The molecular formula is C26H24Cl2N2O4. The fourth-order valence-corrected chi connectivity index (χ4v) is 3.74. The topological polar surface area (TPSA) is 79.7 Å². The molecule has 0 spiro atoms. The minimum absolute atomic E-state index is 0.103. The Kier molecular flexibility index (Phi) is 9.08. The maximum Gasteiger partial charge on any atom is 0.303 e. The Morgan fingerprint density at radius 1 is 1.09 bits per heavy atom. The van der Waals surface area contributed by atoms with Crippen molar-refractivity contribution in [2.75, 3.05) is 18.6 Å². The van der Waals surface area contributed by atoms with Crippen LogP contribution in [-0.4, -0.2) is 35.6 Å². The molecule has 0 atom stereocenters. The summed E-state index contributed by atoms with van der Waals surface area (Å²) in [6.07, 6.45) is 6.70. The maximum atomic E-state index is 12.8. The number of ether oxygens (including phenoxy) is 1. The zero-order valence-electron chi connectivity index (χ0n) is 18.6. The first kappa shape index (κ1) is 25.3. The summed E-state index contributed by atoms with van der Waals surface area (Å²) in [5, 5.41) is 9.73. The highest BCUT2D eigenvalue weighted by Gasteiger charge is 2.15. The SMILES string of the molecule is CN(C(=O)COc1ccc(Cl)cc1Cl)c1cccc(/C(=C/CCCC(=O)O)c2cccnc2)c1. The van der Waals surface area contributed by atoms with Crippen molar-refractivity contribution >= 4 is 46.3 Å². The molecule has 0 bridgehead atoms. The number of carbonyl (C=O) groups is 2. The molecule has 3 aromatic rings. The van der Waals surface area contributed by atoms with Crippen LogP contribution in [0.3, 0.4) is 0 Å². The molecule has 2 aromatic carbocycles. The van der Waals surface area contributed by atoms with E-state index >= 15 is 0 Å². The largest absolute Gasteiger partial charge is 0.482 e. The van der Waals surface area contributed by atoms with Crippen molar-refractivity contribution in [2.45, 2.75) is 19.3 Å². The van der Waals surface area contributed by atoms with Gasteiger partial charge in [0, 0.05) is 42.1 Å². The second kappa shape index (κ2) is 12.2. The highest BCUT2D eigenvalue weighted by molar-refractivity contribution is 6.35. The lowest BCUT2D eigenvalue weighted by Gasteiger charge is -2.19. The number of carbonyl (C=O) groups excluding carboxylic acids is 1. The highest BCUT2D eigenvalue weighted by atomic mass is 35.5. The Labute approximate surface area is 208 Å². The predicted octanol–water partition coefficient (Wildman–Crippen LogP) is 6.12. The fraction of sp³-hybridized carbons (Fsp3) is 0.192. The fourth-order valence-electron chi connectivity index (χ4n) is 3.28. The van der Waals surface area contributed by atoms with Crippen molar-refractivity contribution < 1.29 is 19.4 Å². The van der Waals surface area contributed by atoms with Gasteiger partial charge in [0.05, 0.1) is 5.02 Å². The second-order valence-corrected chi connectivity index (χ2v) is 8.36. The van der Waals surface area contributed by atoms with Gasteiger partial charge in [-0.25, -0.2) is 0 Å². The van der Waals surface area contributed by atoms with Gasteiger partial charge in [0.25, 0.3) is 5.91 Å². The average molecular weight is 499 g/mol. The molecule has 1 heterocycles. The van der Waals surface area contributed by atoms with E-state index in [1.54, 1.807) is 37.6 Å². The van der Waals surface area contributed by atoms with Crippen molar-refractivity contribution in [2.24, 2.45) is 0 Å². The quantitative estimate of drug-likeness (QED) is 0.340. The number of benzene rings is 2. The lowest BCUT2D eigenvalue weighted by atomic mass is 9.97. The molecule has 0 aliphatic rings. The van der Waals surface area contributed by atoms with E-state index in [1.165, 1.54) is 4.90 Å². The Bertz CT molecular complexity index is 1180. The van der Waals surface area contributed by atoms with Gasteiger partial charge >= 0.3 is 5.97 Å². The minimum Gasteiger partial charge on any atom is -0.482 e. The monoisotopic (exact) mass is 498 g/mol. The Hall–Kier alpha value is -3.35. The van der Waals surface area contributed by atoms with Crippen LogP contribution in [0.1, 0.15) is 30.4 Å². The van der Waals surface area contributed by atoms with Gasteiger partial charge in [0.2, 0.25) is 0 Å². The Morgan fingerprint density at radius 2 is 1.88 bits per heavy atom. The number of hydrogen-bond donors (Lipinski definition) is 1. The standard InChI is InChI=1S/C26H24Cl2N2O4/c1-30(25(31)17-34-24-12-11-20(27)15-23(24)28)21-8-4-6-18(14-21)22(9-2-3-10-26(32)33)19-7-5-13-29-16-19/h4-9,11-16H,2-3,10,17H2,1H3,(H,32,33)/b22-9-. The van der Waals surface area contributed by atoms with Crippen molar-refractivity contribution in [3.05, 3.63) is 94.2 Å². The van der Waals surface area contributed by atoms with Gasteiger partial charge in [-0.1, -0.05) is 47.5 Å². The van der Waals surface area contributed by atoms with Crippen molar-refractivity contribution in [1.29, 1.82) is 0 Å². The Balaban J connectivity index is 1.77. The zero-order chi connectivity index (χ0) is 24.5. The van der Waals surface area contributed by atoms with Crippen molar-refractivity contribution in [1.82, 2.24) is 4.98 Å². The smallest absolute Gasteiger partial charge is 0.303 e. The van der Waals surface area contributed by atoms with Crippen molar-refractivity contribution in [3.63, 3.8) is 0 Å². The van der Waals surface area contributed by atoms with E-state index in [9.17, 15) is 9.59 Å². The summed E-state index contributed by atoms with van der Waals surface area (Å²) in [5.41, 5.74) is 3.41. The van der Waals surface area contributed by atoms with Gasteiger partial charge in [-0.3, -0.25) is 14.6 Å². The van der Waals surface area contributed by atoms with Gasteiger partial charge in [0.1, 0.15) is 5.75 Å². The summed E-state index contributed by atoms with van der Waals surface area (Å²) >= 11 is 12.0. The van der Waals surface area contributed by atoms with Gasteiger partial charge in [-0.15, -0.1) is 0 Å². The zero-order valence-corrected chi connectivity index (χ0v) is 20.1. The minimum atomic E-state index is -0.819. The number of nitrogens with zero attached hydrogens (tertiary/aromatic N) is 2. The molecule has 1 amide bonds. The molecular weight excluding hydrogens is 475 g/mol. The average Bonchev–Trinajstić information content (AvgIpc) is 2.83. The second-order valence-electron chi connectivity index (χ2n) is 7.51. The normalized spacial score (nSPS) is 11.2. The van der Waals surface area contributed by atoms with Crippen LogP contribution in [0.15, 0.2) is 73.1 Å². The summed E-state index contributed by atoms with van der Waals surface area (Å²) in [6, 6.07) is 16.2. The number of rotatable bonds is 10. The number of hydrogen-bond acceptors (Lipinski definition) is 4. The number of aromatic nitrogens is 1. The lowest BCUT2D eigenvalue weighted by molar-refractivity contribution is -0.137. The third kappa shape index (κ3) is 7.07. The van der Waals surface area contributed by atoms with E-state index in [2.05, 4.69) is 4.98 Å². The molecule has 0 saturated carbocycles. The van der Waals surface area contributed by atoms with Crippen LogP contribution in [-0.2, 0) is 9.59 Å². The number of halogens is 2. The van der Waals surface area contributed by atoms with Crippen LogP contribution in [0.25, 0.3) is 5.57 Å². The third-order valence-electron chi connectivity index (χ3n) is 5.08. The summed E-state index contributed by atoms with van der Waals surface area (Å²) in [7, 11) is 1.68. The molecule has 0 aliphatic carbocycles. The molecule has 8 heteroatoms. The predicted molar refractivity (Wildman–Crippen MR) is 135 cm³/mol. The van der Waals surface area contributed by atoms with Crippen LogP contribution in [0.5, 0.6) is 5.75 Å². The Morgan fingerprint density at radius 3 is 2.59 bits per heavy atom. The summed E-state index contributed by atoms with van der Waals surface area (Å²) in [6.45, 7) is -0.192. The number of pyridine rings is 1. The molecule has 1 aromatic heterocycles. The first-order chi connectivity index (χ1) is 16.3. The van der Waals surface area contributed by atoms with Crippen LogP contribution < -0.4 is 9.64 Å². The number of carboxylic acids is 1. The van der Waals surface area contributed by atoms with E-state index < -0.39 is 5.97 Å². The van der Waals surface area contributed by atoms with Gasteiger partial charge < -0.3 is 14.7 Å². The summed E-state index contributed by atoms with van der Waals surface area (Å²) < 4.78 is 5.58. The van der Waals surface area contributed by atoms with Gasteiger partial charge in [-0.05, 0) is 60.4 Å². The number of amides is 1. The maximum absolute atomic E-state index is 12.8. The number of anilines is 1. The molecule has 0 radical (unpaired) electrons. The van der Waals surface area contributed by atoms with E-state index in [-0.39, 0.29) is 18.9 Å². The molecule has 176 valence electrons. The van der Waals surface area contributed by atoms with Crippen LogP contribution >= 0.6 is 23.2 Å². The molecule has 0 saturated heterocycles. The number of aliphatic carboxylic acids is 1. The molecule has 34 heavy (non-hydrogen) atoms. The number of allylic oxidation sites excluding steroid dienone is 1. The van der Waals surface area contributed by atoms with E-state index in [4.69, 9.17) is 33.0 Å². The molecule has 3 rings (SSSR count). The van der Waals surface area contributed by atoms with Crippen molar-refractivity contribution in [3.8, 4) is 5.75 Å². The number of carboxylic acid groups (broad SMARTS) is 1. The van der Waals surface area contributed by atoms with Gasteiger partial charge in [-0.2, -0.15) is 0 Å². The molecule has 1 N–H and O–H groups in total. The highest BCUT2D eigenvalue weighted by Crippen LogP contribution is 2.29. The number of likely N-dealkylation sites (N-methyl/N-ethyl adjacent to an activating group) is 1. The summed E-state index contributed by atoms with van der Waals surface area (Å²) in [5.74, 6) is -0.693. The van der Waals surface area contributed by atoms with Gasteiger partial charge in [0.15, 0.2) is 6.61 Å². The lowest BCUT2D eigenvalue weighted by Crippen LogP contribution is -2.31. The third-order valence-corrected chi connectivity index (χ3v) is 5.61. The molecule has 0 fully saturated rings. The van der Waals surface area contributed by atoms with E-state index in [1.807, 2.05) is 42.5 Å². The van der Waals surface area contributed by atoms with Crippen LogP contribution in [0, 0.1) is 0 Å². The van der Waals surface area contributed by atoms with Crippen LogP contribution in [0.2, 0.25) is 10.0 Å². The van der Waals surface area contributed by atoms with E-state index in [0.717, 1.165) is 16.7 Å².